The van der Waals surface area contributed by atoms with Gasteiger partial charge in [0.2, 0.25) is 5.88 Å². The first-order chi connectivity index (χ1) is 11.9. The Kier molecular flexibility index (Phi) is 6.87. The van der Waals surface area contributed by atoms with Crippen LogP contribution < -0.4 is 4.74 Å². The molecule has 0 spiro atoms. The summed E-state index contributed by atoms with van der Waals surface area (Å²) >= 11 is 3.42. The molecule has 2 aromatic rings. The van der Waals surface area contributed by atoms with Crippen molar-refractivity contribution in [1.82, 2.24) is 9.88 Å². The van der Waals surface area contributed by atoms with Crippen LogP contribution in [-0.2, 0) is 6.42 Å². The molecule has 0 aliphatic carbocycles. The molecule has 134 valence electrons. The molecule has 25 heavy (non-hydrogen) atoms. The molecule has 0 aliphatic heterocycles. The number of pyridine rings is 1. The van der Waals surface area contributed by atoms with E-state index >= 15 is 0 Å². The maximum atomic E-state index is 13.2. The van der Waals surface area contributed by atoms with Gasteiger partial charge in [-0.2, -0.15) is 0 Å². The minimum atomic E-state index is -0.593. The van der Waals surface area contributed by atoms with Crippen molar-refractivity contribution in [3.63, 3.8) is 0 Å². The zero-order valence-corrected chi connectivity index (χ0v) is 16.0. The van der Waals surface area contributed by atoms with Crippen molar-refractivity contribution in [3.05, 3.63) is 51.6 Å². The fourth-order valence-corrected chi connectivity index (χ4v) is 2.46. The van der Waals surface area contributed by atoms with Gasteiger partial charge in [0, 0.05) is 26.1 Å². The molecule has 0 fully saturated rings. The van der Waals surface area contributed by atoms with Gasteiger partial charge in [0.1, 0.15) is 11.6 Å². The van der Waals surface area contributed by atoms with E-state index in [4.69, 9.17) is 4.74 Å². The standard InChI is InChI=1S/C18H20BrF2N3O/c1-4-24(3)11-22-17-10-16(19)18(23-12(17)2)25-6-5-13-7-14(20)9-15(21)8-13/h7-11H,4-6H2,1-3H3. The Balaban J connectivity index is 2.02. The number of rotatable bonds is 7. The van der Waals surface area contributed by atoms with E-state index in [1.165, 1.54) is 12.1 Å². The summed E-state index contributed by atoms with van der Waals surface area (Å²) < 4.78 is 32.7. The third-order valence-corrected chi connectivity index (χ3v) is 4.12. The molecule has 7 heteroatoms. The summed E-state index contributed by atoms with van der Waals surface area (Å²) in [5.74, 6) is -0.758. The molecule has 0 atom stereocenters. The Bertz CT molecular complexity index is 748. The van der Waals surface area contributed by atoms with E-state index in [-0.39, 0.29) is 6.61 Å². The number of nitrogens with zero attached hydrogens (tertiary/aromatic N) is 3. The molecule has 1 aromatic carbocycles. The van der Waals surface area contributed by atoms with Crippen LogP contribution in [0.5, 0.6) is 5.88 Å². The molecule has 4 nitrogen and oxygen atoms in total. The number of aliphatic imine (C=N–C) groups is 1. The first-order valence-electron chi connectivity index (χ1n) is 7.88. The first kappa shape index (κ1) is 19.3. The maximum absolute atomic E-state index is 13.2. The molecular formula is C18H20BrF2N3O. The van der Waals surface area contributed by atoms with Gasteiger partial charge in [0.05, 0.1) is 28.8 Å². The molecule has 2 rings (SSSR count). The quantitative estimate of drug-likeness (QED) is 0.490. The highest BCUT2D eigenvalue weighted by Gasteiger charge is 2.09. The SMILES string of the molecule is CCN(C)C=Nc1cc(Br)c(OCCc2cc(F)cc(F)c2)nc1C. The number of aryl methyl sites for hydroxylation is 1. The Morgan fingerprint density at radius 2 is 1.92 bits per heavy atom. The number of hydrogen-bond acceptors (Lipinski definition) is 3. The Morgan fingerprint density at radius 1 is 1.24 bits per heavy atom. The third kappa shape index (κ3) is 5.77. The van der Waals surface area contributed by atoms with Gasteiger partial charge in [-0.1, -0.05) is 0 Å². The molecule has 1 aromatic heterocycles. The van der Waals surface area contributed by atoms with Crippen LogP contribution in [-0.4, -0.2) is 36.4 Å². The van der Waals surface area contributed by atoms with Crippen LogP contribution in [0.2, 0.25) is 0 Å². The number of benzene rings is 1. The van der Waals surface area contributed by atoms with Gasteiger partial charge in [0.25, 0.3) is 0 Å². The van der Waals surface area contributed by atoms with E-state index in [0.29, 0.717) is 22.3 Å². The van der Waals surface area contributed by atoms with E-state index in [1.54, 1.807) is 6.34 Å². The van der Waals surface area contributed by atoms with Crippen LogP contribution in [0, 0.1) is 18.6 Å². The number of aromatic nitrogens is 1. The average molecular weight is 412 g/mol. The van der Waals surface area contributed by atoms with Crippen molar-refractivity contribution in [3.8, 4) is 5.88 Å². The van der Waals surface area contributed by atoms with Gasteiger partial charge in [-0.15, -0.1) is 0 Å². The summed E-state index contributed by atoms with van der Waals surface area (Å²) in [7, 11) is 1.94. The second-order valence-corrected chi connectivity index (χ2v) is 6.43. The lowest BCUT2D eigenvalue weighted by Crippen LogP contribution is -2.14. The lowest BCUT2D eigenvalue weighted by Gasteiger charge is -2.11. The fraction of sp³-hybridized carbons (Fsp3) is 0.333. The Morgan fingerprint density at radius 3 is 2.56 bits per heavy atom. The molecule has 0 bridgehead atoms. The fourth-order valence-electron chi connectivity index (χ4n) is 2.04. The van der Waals surface area contributed by atoms with Crippen LogP contribution in [0.1, 0.15) is 18.2 Å². The van der Waals surface area contributed by atoms with Crippen LogP contribution in [0.25, 0.3) is 0 Å². The molecule has 0 aliphatic rings. The topological polar surface area (TPSA) is 37.7 Å². The van der Waals surface area contributed by atoms with Gasteiger partial charge < -0.3 is 9.64 Å². The molecule has 0 saturated carbocycles. The molecule has 0 N–H and O–H groups in total. The predicted molar refractivity (Wildman–Crippen MR) is 98.7 cm³/mol. The zero-order valence-electron chi connectivity index (χ0n) is 14.4. The Hall–Kier alpha value is -2.02. The van der Waals surface area contributed by atoms with E-state index in [2.05, 4.69) is 25.9 Å². The highest BCUT2D eigenvalue weighted by Crippen LogP contribution is 2.29. The lowest BCUT2D eigenvalue weighted by molar-refractivity contribution is 0.306. The van der Waals surface area contributed by atoms with E-state index in [9.17, 15) is 8.78 Å². The van der Waals surface area contributed by atoms with Crippen molar-refractivity contribution in [1.29, 1.82) is 0 Å². The van der Waals surface area contributed by atoms with Crippen molar-refractivity contribution >= 4 is 28.0 Å². The van der Waals surface area contributed by atoms with Gasteiger partial charge in [-0.05, 0) is 53.5 Å². The Labute approximate surface area is 154 Å². The monoisotopic (exact) mass is 411 g/mol. The predicted octanol–water partition coefficient (Wildman–Crippen LogP) is 4.66. The summed E-state index contributed by atoms with van der Waals surface area (Å²) in [5.41, 5.74) is 2.01. The van der Waals surface area contributed by atoms with Crippen LogP contribution in [0.3, 0.4) is 0 Å². The molecule has 0 radical (unpaired) electrons. The summed E-state index contributed by atoms with van der Waals surface area (Å²) in [4.78, 5) is 10.7. The molecule has 1 heterocycles. The molecular weight excluding hydrogens is 392 g/mol. The van der Waals surface area contributed by atoms with Crippen LogP contribution in [0.4, 0.5) is 14.5 Å². The number of hydrogen-bond donors (Lipinski definition) is 0. The highest BCUT2D eigenvalue weighted by molar-refractivity contribution is 9.10. The first-order valence-corrected chi connectivity index (χ1v) is 8.67. The van der Waals surface area contributed by atoms with Crippen molar-refractivity contribution in [2.24, 2.45) is 4.99 Å². The van der Waals surface area contributed by atoms with E-state index < -0.39 is 11.6 Å². The number of halogens is 3. The highest BCUT2D eigenvalue weighted by atomic mass is 79.9. The lowest BCUT2D eigenvalue weighted by atomic mass is 10.1. The van der Waals surface area contributed by atoms with Gasteiger partial charge >= 0.3 is 0 Å². The largest absolute Gasteiger partial charge is 0.477 e. The van der Waals surface area contributed by atoms with Gasteiger partial charge in [-0.3, -0.25) is 0 Å². The summed E-state index contributed by atoms with van der Waals surface area (Å²) in [6.45, 7) is 5.00. The van der Waals surface area contributed by atoms with Crippen molar-refractivity contribution in [2.45, 2.75) is 20.3 Å². The van der Waals surface area contributed by atoms with Gasteiger partial charge in [0.15, 0.2) is 0 Å². The maximum Gasteiger partial charge on any atom is 0.228 e. The van der Waals surface area contributed by atoms with Crippen molar-refractivity contribution in [2.75, 3.05) is 20.2 Å². The second-order valence-electron chi connectivity index (χ2n) is 5.57. The second kappa shape index (κ2) is 8.89. The summed E-state index contributed by atoms with van der Waals surface area (Å²) in [6, 6.07) is 5.27. The minimum Gasteiger partial charge on any atom is -0.477 e. The minimum absolute atomic E-state index is 0.259. The smallest absolute Gasteiger partial charge is 0.228 e. The number of ether oxygens (including phenoxy) is 1. The average Bonchev–Trinajstić information content (AvgIpc) is 2.55. The third-order valence-electron chi connectivity index (χ3n) is 3.55. The summed E-state index contributed by atoms with van der Waals surface area (Å²) in [5, 5.41) is 0. The van der Waals surface area contributed by atoms with E-state index in [1.807, 2.05) is 31.9 Å². The molecule has 0 unspecified atom stereocenters. The molecule has 0 amide bonds. The molecule has 0 saturated heterocycles. The van der Waals surface area contributed by atoms with E-state index in [0.717, 1.165) is 24.0 Å². The van der Waals surface area contributed by atoms with Crippen LogP contribution >= 0.6 is 15.9 Å². The van der Waals surface area contributed by atoms with Crippen LogP contribution in [0.15, 0.2) is 33.7 Å². The zero-order chi connectivity index (χ0) is 18.4. The summed E-state index contributed by atoms with van der Waals surface area (Å²) in [6.07, 6.45) is 2.12. The van der Waals surface area contributed by atoms with Crippen molar-refractivity contribution < 1.29 is 13.5 Å². The normalized spacial score (nSPS) is 11.1. The van der Waals surface area contributed by atoms with Gasteiger partial charge in [-0.25, -0.2) is 18.8 Å².